The summed E-state index contributed by atoms with van der Waals surface area (Å²) in [6.07, 6.45) is 8.59. The molecule has 290 valence electrons. The monoisotopic (exact) mass is 726 g/mol. The van der Waals surface area contributed by atoms with Gasteiger partial charge in [0.2, 0.25) is 0 Å². The molecule has 0 saturated carbocycles. The van der Waals surface area contributed by atoms with Gasteiger partial charge in [0, 0.05) is 30.1 Å². The van der Waals surface area contributed by atoms with E-state index in [0.29, 0.717) is 25.1 Å². The van der Waals surface area contributed by atoms with Gasteiger partial charge in [-0.05, 0) is 130 Å². The molecule has 53 heavy (non-hydrogen) atoms. The highest BCUT2D eigenvalue weighted by atomic mass is 16.6. The van der Waals surface area contributed by atoms with Crippen LogP contribution in [0.3, 0.4) is 0 Å². The number of allylic oxidation sites excluding steroid dienone is 1. The minimum absolute atomic E-state index is 0.177. The van der Waals surface area contributed by atoms with Crippen molar-refractivity contribution in [3.8, 4) is 5.75 Å². The van der Waals surface area contributed by atoms with Crippen molar-refractivity contribution in [1.29, 1.82) is 0 Å². The molecule has 0 heterocycles. The molecule has 0 fully saturated rings. The SMILES string of the molecule is CC(C)N(CC[C@H](c1ccccc1)c1cc(C=CCCCCCCN(C(=O)OC(C)(C)C)C(=O)OC(C)(C)C)ccc1OCc1ccccc1)C(C)C. The van der Waals surface area contributed by atoms with Gasteiger partial charge in [0.25, 0.3) is 0 Å². The van der Waals surface area contributed by atoms with Crippen LogP contribution in [0, 0.1) is 0 Å². The quantitative estimate of drug-likeness (QED) is 0.122. The maximum absolute atomic E-state index is 12.8. The normalized spacial score (nSPS) is 12.8. The Labute approximate surface area is 320 Å². The van der Waals surface area contributed by atoms with E-state index in [4.69, 9.17) is 14.2 Å². The fraction of sp³-hybridized carbons (Fsp3) is 0.522. The van der Waals surface area contributed by atoms with E-state index in [0.717, 1.165) is 60.4 Å². The molecule has 0 aliphatic carbocycles. The maximum Gasteiger partial charge on any atom is 0.419 e. The first-order chi connectivity index (χ1) is 25.0. The average Bonchev–Trinajstić information content (AvgIpc) is 3.07. The van der Waals surface area contributed by atoms with Crippen LogP contribution in [0.5, 0.6) is 5.75 Å². The number of carbonyl (C=O) groups excluding carboxylic acids is 2. The van der Waals surface area contributed by atoms with E-state index in [1.807, 2.05) is 6.07 Å². The van der Waals surface area contributed by atoms with Gasteiger partial charge in [0.15, 0.2) is 0 Å². The minimum Gasteiger partial charge on any atom is -0.489 e. The first-order valence-corrected chi connectivity index (χ1v) is 19.6. The molecule has 3 aromatic carbocycles. The summed E-state index contributed by atoms with van der Waals surface area (Å²) in [5.74, 6) is 1.10. The van der Waals surface area contributed by atoms with Gasteiger partial charge in [-0.15, -0.1) is 0 Å². The van der Waals surface area contributed by atoms with Crippen LogP contribution < -0.4 is 4.74 Å². The number of rotatable bonds is 18. The first-order valence-electron chi connectivity index (χ1n) is 19.6. The van der Waals surface area contributed by atoms with Crippen molar-refractivity contribution < 1.29 is 23.8 Å². The lowest BCUT2D eigenvalue weighted by Crippen LogP contribution is -2.44. The second-order valence-electron chi connectivity index (χ2n) is 16.5. The Hall–Kier alpha value is -4.10. The van der Waals surface area contributed by atoms with E-state index in [-0.39, 0.29) is 12.5 Å². The van der Waals surface area contributed by atoms with Crippen LogP contribution >= 0.6 is 0 Å². The molecule has 7 nitrogen and oxygen atoms in total. The third-order valence-electron chi connectivity index (χ3n) is 8.89. The number of carbonyl (C=O) groups is 2. The summed E-state index contributed by atoms with van der Waals surface area (Å²) in [6, 6.07) is 28.7. The van der Waals surface area contributed by atoms with E-state index >= 15 is 0 Å². The summed E-state index contributed by atoms with van der Waals surface area (Å²) in [7, 11) is 0. The molecule has 2 amide bonds. The lowest BCUT2D eigenvalue weighted by atomic mass is 9.86. The predicted molar refractivity (Wildman–Crippen MR) is 218 cm³/mol. The highest BCUT2D eigenvalue weighted by molar-refractivity contribution is 5.88. The van der Waals surface area contributed by atoms with Crippen molar-refractivity contribution in [2.75, 3.05) is 13.1 Å². The topological polar surface area (TPSA) is 68.3 Å². The molecule has 3 aromatic rings. The molecule has 0 unspecified atom stereocenters. The summed E-state index contributed by atoms with van der Waals surface area (Å²) < 4.78 is 17.5. The van der Waals surface area contributed by atoms with Gasteiger partial charge >= 0.3 is 12.2 Å². The van der Waals surface area contributed by atoms with Gasteiger partial charge in [-0.3, -0.25) is 4.90 Å². The summed E-state index contributed by atoms with van der Waals surface area (Å²) in [5, 5.41) is 0. The molecule has 0 aliphatic heterocycles. The largest absolute Gasteiger partial charge is 0.489 e. The summed E-state index contributed by atoms with van der Waals surface area (Å²) in [4.78, 5) is 29.3. The summed E-state index contributed by atoms with van der Waals surface area (Å²) >= 11 is 0. The molecule has 0 saturated heterocycles. The Morgan fingerprint density at radius 1 is 0.698 bits per heavy atom. The standard InChI is InChI=1S/C46H66N2O5/c1-35(2)47(36(3)4)32-30-40(39-26-20-16-21-27-39)41-33-37(28-29-42(41)51-34-38-24-18-15-19-25-38)23-17-13-11-12-14-22-31-48(43(49)52-45(5,6)7)44(50)53-46(8,9)10/h15-21,23-29,33,35-36,40H,11-14,22,30-32,34H2,1-10H3/t40-/m1/s1. The van der Waals surface area contributed by atoms with Crippen molar-refractivity contribution >= 4 is 18.3 Å². The molecule has 0 N–H and O–H groups in total. The number of benzene rings is 3. The van der Waals surface area contributed by atoms with Gasteiger partial charge in [-0.1, -0.05) is 91.7 Å². The average molecular weight is 727 g/mol. The van der Waals surface area contributed by atoms with Gasteiger partial charge in [0.1, 0.15) is 23.6 Å². The van der Waals surface area contributed by atoms with E-state index < -0.39 is 23.4 Å². The molecule has 3 rings (SSSR count). The van der Waals surface area contributed by atoms with E-state index in [2.05, 4.69) is 118 Å². The Balaban J connectivity index is 1.71. The van der Waals surface area contributed by atoms with Gasteiger partial charge in [-0.2, -0.15) is 0 Å². The number of imide groups is 1. The Bertz CT molecular complexity index is 1520. The molecular formula is C46H66N2O5. The molecule has 0 bridgehead atoms. The smallest absolute Gasteiger partial charge is 0.419 e. The zero-order valence-electron chi connectivity index (χ0n) is 34.2. The van der Waals surface area contributed by atoms with Crippen molar-refractivity contribution in [1.82, 2.24) is 9.80 Å². The fourth-order valence-corrected chi connectivity index (χ4v) is 6.38. The van der Waals surface area contributed by atoms with Gasteiger partial charge in [-0.25, -0.2) is 14.5 Å². The van der Waals surface area contributed by atoms with Crippen LogP contribution in [0.25, 0.3) is 6.08 Å². The number of nitrogens with zero attached hydrogens (tertiary/aromatic N) is 2. The molecule has 0 radical (unpaired) electrons. The van der Waals surface area contributed by atoms with Gasteiger partial charge < -0.3 is 14.2 Å². The van der Waals surface area contributed by atoms with Crippen molar-refractivity contribution in [3.63, 3.8) is 0 Å². The summed E-state index contributed by atoms with van der Waals surface area (Å²) in [5.41, 5.74) is 3.40. The number of unbranched alkanes of at least 4 members (excludes halogenated alkanes) is 4. The van der Waals surface area contributed by atoms with Crippen LogP contribution in [0.4, 0.5) is 9.59 Å². The van der Waals surface area contributed by atoms with Crippen molar-refractivity contribution in [3.05, 3.63) is 107 Å². The second-order valence-corrected chi connectivity index (χ2v) is 16.5. The first kappa shape index (κ1) is 43.3. The van der Waals surface area contributed by atoms with E-state index in [1.165, 1.54) is 11.1 Å². The number of ether oxygens (including phenoxy) is 3. The minimum atomic E-state index is -0.703. The lowest BCUT2D eigenvalue weighted by molar-refractivity contribution is 0.00117. The van der Waals surface area contributed by atoms with Crippen molar-refractivity contribution in [2.45, 2.75) is 144 Å². The lowest BCUT2D eigenvalue weighted by Gasteiger charge is -2.32. The van der Waals surface area contributed by atoms with Crippen LogP contribution in [-0.2, 0) is 16.1 Å². The number of amides is 2. The molecule has 7 heteroatoms. The van der Waals surface area contributed by atoms with Crippen LogP contribution in [0.2, 0.25) is 0 Å². The van der Waals surface area contributed by atoms with E-state index in [1.54, 1.807) is 41.5 Å². The van der Waals surface area contributed by atoms with Gasteiger partial charge in [0.05, 0.1) is 0 Å². The van der Waals surface area contributed by atoms with Crippen LogP contribution in [-0.4, -0.2) is 58.4 Å². The second kappa shape index (κ2) is 21.0. The highest BCUT2D eigenvalue weighted by Gasteiger charge is 2.30. The molecule has 0 aliphatic rings. The number of hydrogen-bond donors (Lipinski definition) is 0. The van der Waals surface area contributed by atoms with E-state index in [9.17, 15) is 9.59 Å². The third kappa shape index (κ3) is 15.8. The zero-order chi connectivity index (χ0) is 39.0. The summed E-state index contributed by atoms with van der Waals surface area (Å²) in [6.45, 7) is 21.6. The predicted octanol–water partition coefficient (Wildman–Crippen LogP) is 12.0. The number of hydrogen-bond acceptors (Lipinski definition) is 6. The zero-order valence-corrected chi connectivity index (χ0v) is 34.2. The van der Waals surface area contributed by atoms with Crippen molar-refractivity contribution in [2.24, 2.45) is 0 Å². The maximum atomic E-state index is 12.8. The highest BCUT2D eigenvalue weighted by Crippen LogP contribution is 2.36. The van der Waals surface area contributed by atoms with Crippen LogP contribution in [0.1, 0.15) is 136 Å². The molecule has 0 aromatic heterocycles. The Morgan fingerprint density at radius 3 is 1.83 bits per heavy atom. The fourth-order valence-electron chi connectivity index (χ4n) is 6.38. The van der Waals surface area contributed by atoms with Crippen LogP contribution in [0.15, 0.2) is 84.9 Å². The molecule has 0 spiro atoms. The molecular weight excluding hydrogens is 661 g/mol. The molecule has 1 atom stereocenters. The Morgan fingerprint density at radius 2 is 1.26 bits per heavy atom. The third-order valence-corrected chi connectivity index (χ3v) is 8.89. The Kier molecular flexibility index (Phi) is 17.1.